The Labute approximate surface area is 189 Å². The summed E-state index contributed by atoms with van der Waals surface area (Å²) in [5, 5.41) is 7.62. The molecule has 154 valence electrons. The van der Waals surface area contributed by atoms with Gasteiger partial charge in [0.1, 0.15) is 6.54 Å². The molecule has 1 aliphatic rings. The average Bonchev–Trinajstić information content (AvgIpc) is 3.25. The van der Waals surface area contributed by atoms with E-state index in [0.29, 0.717) is 10.7 Å². The second kappa shape index (κ2) is 8.17. The molecule has 0 bridgehead atoms. The number of hydrogen-bond acceptors (Lipinski definition) is 3. The molecule has 0 saturated carbocycles. The minimum atomic E-state index is -0.380. The maximum atomic E-state index is 13.6. The first-order valence-corrected chi connectivity index (χ1v) is 11.2. The number of carbonyl (C=O) groups is 2. The van der Waals surface area contributed by atoms with Crippen molar-refractivity contribution in [3.05, 3.63) is 99.2 Å². The number of fused-ring (bicyclic) bond motifs is 2. The van der Waals surface area contributed by atoms with Crippen LogP contribution in [0.25, 0.3) is 10.8 Å². The van der Waals surface area contributed by atoms with E-state index in [1.165, 1.54) is 0 Å². The van der Waals surface area contributed by atoms with Crippen LogP contribution in [0, 0.1) is 0 Å². The van der Waals surface area contributed by atoms with Crippen molar-refractivity contribution in [2.75, 3.05) is 11.9 Å². The average molecular weight is 447 g/mol. The zero-order chi connectivity index (χ0) is 21.4. The summed E-state index contributed by atoms with van der Waals surface area (Å²) in [6.45, 7) is -0.0154. The van der Waals surface area contributed by atoms with E-state index in [9.17, 15) is 9.59 Å². The molecule has 0 aliphatic carbocycles. The summed E-state index contributed by atoms with van der Waals surface area (Å²) >= 11 is 7.87. The van der Waals surface area contributed by atoms with Crippen LogP contribution >= 0.6 is 22.9 Å². The van der Waals surface area contributed by atoms with Crippen LogP contribution in [0.5, 0.6) is 0 Å². The molecule has 6 heteroatoms. The fourth-order valence-corrected chi connectivity index (χ4v) is 5.21. The monoisotopic (exact) mass is 446 g/mol. The van der Waals surface area contributed by atoms with Crippen LogP contribution in [0.2, 0.25) is 5.02 Å². The molecule has 5 rings (SSSR count). The van der Waals surface area contributed by atoms with Crippen LogP contribution < -0.4 is 5.32 Å². The molecule has 0 saturated heterocycles. The molecule has 2 heterocycles. The van der Waals surface area contributed by atoms with E-state index in [0.717, 1.165) is 26.8 Å². The Kier molecular flexibility index (Phi) is 5.22. The molecule has 0 radical (unpaired) electrons. The van der Waals surface area contributed by atoms with Gasteiger partial charge in [0.15, 0.2) is 0 Å². The summed E-state index contributed by atoms with van der Waals surface area (Å²) in [5.74, 6) is -0.313. The summed E-state index contributed by atoms with van der Waals surface area (Å²) in [6, 6.07) is 23.0. The lowest BCUT2D eigenvalue weighted by Gasteiger charge is -2.30. The number of carbonyl (C=O) groups excluding carboxylic acids is 2. The molecule has 1 unspecified atom stereocenters. The minimum absolute atomic E-state index is 0.0154. The first kappa shape index (κ1) is 19.8. The van der Waals surface area contributed by atoms with Crippen LogP contribution in [0.15, 0.2) is 78.2 Å². The molecule has 1 aromatic heterocycles. The lowest BCUT2D eigenvalue weighted by atomic mass is 9.99. The Morgan fingerprint density at radius 1 is 1.06 bits per heavy atom. The lowest BCUT2D eigenvalue weighted by Crippen LogP contribution is -2.39. The largest absolute Gasteiger partial charge is 0.324 e. The molecule has 4 nitrogen and oxygen atoms in total. The molecule has 31 heavy (non-hydrogen) atoms. The number of hydrogen-bond donors (Lipinski definition) is 1. The highest BCUT2D eigenvalue weighted by molar-refractivity contribution is 7.10. The zero-order valence-corrected chi connectivity index (χ0v) is 18.1. The van der Waals surface area contributed by atoms with E-state index in [-0.39, 0.29) is 30.8 Å². The van der Waals surface area contributed by atoms with Gasteiger partial charge in [-0.15, -0.1) is 11.3 Å². The van der Waals surface area contributed by atoms with Gasteiger partial charge in [0.05, 0.1) is 12.5 Å². The topological polar surface area (TPSA) is 49.4 Å². The van der Waals surface area contributed by atoms with Gasteiger partial charge in [0.25, 0.3) is 0 Å². The fraction of sp³-hybridized carbons (Fsp3) is 0.120. The first-order chi connectivity index (χ1) is 15.1. The molecule has 1 aliphatic heterocycles. The van der Waals surface area contributed by atoms with Crippen molar-refractivity contribution in [1.82, 2.24) is 4.90 Å². The SMILES string of the molecule is O=C1CN(C(=O)Cc2cccc3ccccc23)C(c2cccs2)c2cc(Cl)ccc2N1. The second-order valence-corrected chi connectivity index (χ2v) is 8.95. The van der Waals surface area contributed by atoms with Crippen LogP contribution in [-0.4, -0.2) is 23.3 Å². The van der Waals surface area contributed by atoms with Crippen molar-refractivity contribution in [2.24, 2.45) is 0 Å². The molecule has 3 aromatic carbocycles. The Morgan fingerprint density at radius 3 is 2.74 bits per heavy atom. The third-order valence-electron chi connectivity index (χ3n) is 5.56. The van der Waals surface area contributed by atoms with Gasteiger partial charge in [-0.3, -0.25) is 9.59 Å². The number of anilines is 1. The predicted molar refractivity (Wildman–Crippen MR) is 126 cm³/mol. The number of rotatable bonds is 3. The highest BCUT2D eigenvalue weighted by Crippen LogP contribution is 2.39. The maximum absolute atomic E-state index is 13.6. The van der Waals surface area contributed by atoms with Crippen molar-refractivity contribution in [2.45, 2.75) is 12.5 Å². The van der Waals surface area contributed by atoms with Gasteiger partial charge in [-0.1, -0.05) is 60.1 Å². The molecule has 0 spiro atoms. The number of halogens is 1. The number of benzene rings is 3. The van der Waals surface area contributed by atoms with Crippen molar-refractivity contribution < 1.29 is 9.59 Å². The number of amides is 2. The van der Waals surface area contributed by atoms with E-state index in [1.54, 1.807) is 28.4 Å². The third-order valence-corrected chi connectivity index (χ3v) is 6.72. The van der Waals surface area contributed by atoms with Crippen molar-refractivity contribution in [3.8, 4) is 0 Å². The third kappa shape index (κ3) is 3.82. The molecule has 1 N–H and O–H groups in total. The van der Waals surface area contributed by atoms with Crippen LogP contribution in [-0.2, 0) is 16.0 Å². The van der Waals surface area contributed by atoms with Crippen LogP contribution in [0.1, 0.15) is 22.0 Å². The molecule has 0 fully saturated rings. The molecule has 4 aromatic rings. The maximum Gasteiger partial charge on any atom is 0.244 e. The smallest absolute Gasteiger partial charge is 0.244 e. The van der Waals surface area contributed by atoms with E-state index < -0.39 is 0 Å². The van der Waals surface area contributed by atoms with Gasteiger partial charge in [-0.2, -0.15) is 0 Å². The normalized spacial score (nSPS) is 16.0. The van der Waals surface area contributed by atoms with E-state index in [1.807, 2.05) is 66.0 Å². The van der Waals surface area contributed by atoms with Gasteiger partial charge < -0.3 is 10.2 Å². The molecular formula is C25H19ClN2O2S. The first-order valence-electron chi connectivity index (χ1n) is 9.99. The van der Waals surface area contributed by atoms with Crippen LogP contribution in [0.4, 0.5) is 5.69 Å². The summed E-state index contributed by atoms with van der Waals surface area (Å²) in [6.07, 6.45) is 0.215. The summed E-state index contributed by atoms with van der Waals surface area (Å²) in [4.78, 5) is 29.0. The highest BCUT2D eigenvalue weighted by atomic mass is 35.5. The minimum Gasteiger partial charge on any atom is -0.324 e. The van der Waals surface area contributed by atoms with Crippen LogP contribution in [0.3, 0.4) is 0 Å². The predicted octanol–water partition coefficient (Wildman–Crippen LogP) is 5.67. The van der Waals surface area contributed by atoms with Gasteiger partial charge in [0, 0.05) is 21.2 Å². The quantitative estimate of drug-likeness (QED) is 0.441. The summed E-state index contributed by atoms with van der Waals surface area (Å²) < 4.78 is 0. The van der Waals surface area contributed by atoms with Gasteiger partial charge >= 0.3 is 0 Å². The number of nitrogens with zero attached hydrogens (tertiary/aromatic N) is 1. The van der Waals surface area contributed by atoms with Crippen molar-refractivity contribution in [1.29, 1.82) is 0 Å². The molecule has 2 amide bonds. The van der Waals surface area contributed by atoms with Gasteiger partial charge in [-0.25, -0.2) is 0 Å². The van der Waals surface area contributed by atoms with E-state index in [2.05, 4.69) is 5.32 Å². The summed E-state index contributed by atoms with van der Waals surface area (Å²) in [5.41, 5.74) is 2.46. The molecule has 1 atom stereocenters. The standard InChI is InChI=1S/C25H19ClN2O2S/c26-18-10-11-21-20(14-18)25(22-9-4-12-31-22)28(15-23(29)27-21)24(30)13-17-7-3-6-16-5-1-2-8-19(16)17/h1-12,14,25H,13,15H2,(H,27,29). The highest BCUT2D eigenvalue weighted by Gasteiger charge is 2.34. The molecular weight excluding hydrogens is 428 g/mol. The van der Waals surface area contributed by atoms with E-state index in [4.69, 9.17) is 11.6 Å². The number of nitrogens with one attached hydrogen (secondary N) is 1. The Hall–Kier alpha value is -3.15. The van der Waals surface area contributed by atoms with Crippen molar-refractivity contribution in [3.63, 3.8) is 0 Å². The van der Waals surface area contributed by atoms with E-state index >= 15 is 0 Å². The zero-order valence-electron chi connectivity index (χ0n) is 16.5. The van der Waals surface area contributed by atoms with Crippen molar-refractivity contribution >= 4 is 51.2 Å². The fourth-order valence-electron chi connectivity index (χ4n) is 4.17. The Balaban J connectivity index is 1.58. The Morgan fingerprint density at radius 2 is 1.90 bits per heavy atom. The number of thiophene rings is 1. The lowest BCUT2D eigenvalue weighted by molar-refractivity contribution is -0.135. The van der Waals surface area contributed by atoms with Gasteiger partial charge in [-0.05, 0) is 46.0 Å². The summed E-state index contributed by atoms with van der Waals surface area (Å²) in [7, 11) is 0. The van der Waals surface area contributed by atoms with Gasteiger partial charge in [0.2, 0.25) is 11.8 Å². The Bertz CT molecular complexity index is 1280. The second-order valence-electron chi connectivity index (χ2n) is 7.53.